The molecular weight excluding hydrogens is 394 g/mol. The molecule has 0 aliphatic carbocycles. The van der Waals surface area contributed by atoms with E-state index < -0.39 is 18.5 Å². The van der Waals surface area contributed by atoms with Gasteiger partial charge >= 0.3 is 5.97 Å². The average molecular weight is 414 g/mol. The number of ether oxygens (including phenoxy) is 2. The average Bonchev–Trinajstić information content (AvgIpc) is 3.00. The molecule has 0 radical (unpaired) electrons. The van der Waals surface area contributed by atoms with Crippen molar-refractivity contribution in [2.75, 3.05) is 18.5 Å². The lowest BCUT2D eigenvalue weighted by atomic mass is 10.3. The van der Waals surface area contributed by atoms with E-state index in [0.717, 1.165) is 11.4 Å². The van der Waals surface area contributed by atoms with Crippen LogP contribution in [0.5, 0.6) is 5.75 Å². The third kappa shape index (κ3) is 5.36. The SMILES string of the molecule is Cc1nn(-c2ccccc2)c(C)c1NC(=O)COC(=O)COc1ccc(Cl)cc1. The van der Waals surface area contributed by atoms with Crippen LogP contribution >= 0.6 is 11.6 Å². The minimum absolute atomic E-state index is 0.307. The van der Waals surface area contributed by atoms with Gasteiger partial charge in [-0.2, -0.15) is 5.10 Å². The molecule has 0 fully saturated rings. The first-order chi connectivity index (χ1) is 13.9. The number of nitrogens with zero attached hydrogens (tertiary/aromatic N) is 2. The first-order valence-corrected chi connectivity index (χ1v) is 9.27. The molecule has 3 aromatic rings. The molecule has 0 saturated carbocycles. The fourth-order valence-corrected chi connectivity index (χ4v) is 2.81. The maximum Gasteiger partial charge on any atom is 0.344 e. The highest BCUT2D eigenvalue weighted by molar-refractivity contribution is 6.30. The smallest absolute Gasteiger partial charge is 0.344 e. The zero-order valence-electron chi connectivity index (χ0n) is 16.0. The van der Waals surface area contributed by atoms with Crippen molar-refractivity contribution < 1.29 is 19.1 Å². The number of benzene rings is 2. The van der Waals surface area contributed by atoms with Gasteiger partial charge in [0.1, 0.15) is 5.75 Å². The number of aryl methyl sites for hydroxylation is 1. The molecule has 0 bridgehead atoms. The lowest BCUT2D eigenvalue weighted by molar-refractivity contribution is -0.149. The van der Waals surface area contributed by atoms with E-state index in [1.165, 1.54) is 0 Å². The van der Waals surface area contributed by atoms with Gasteiger partial charge in [-0.15, -0.1) is 0 Å². The molecule has 1 N–H and O–H groups in total. The first kappa shape index (κ1) is 20.4. The Morgan fingerprint density at radius 3 is 2.41 bits per heavy atom. The number of amides is 1. The number of hydrogen-bond acceptors (Lipinski definition) is 5. The van der Waals surface area contributed by atoms with Gasteiger partial charge in [0.15, 0.2) is 13.2 Å². The van der Waals surface area contributed by atoms with E-state index in [4.69, 9.17) is 21.1 Å². The zero-order chi connectivity index (χ0) is 20.8. The van der Waals surface area contributed by atoms with Gasteiger partial charge in [-0.3, -0.25) is 4.79 Å². The first-order valence-electron chi connectivity index (χ1n) is 8.89. The monoisotopic (exact) mass is 413 g/mol. The number of hydrogen-bond donors (Lipinski definition) is 1. The zero-order valence-corrected chi connectivity index (χ0v) is 16.8. The standard InChI is InChI=1S/C21H20ClN3O4/c1-14-21(15(2)25(24-14)17-6-4-3-5-7-17)23-19(26)12-29-20(27)13-28-18-10-8-16(22)9-11-18/h3-11H,12-13H2,1-2H3,(H,23,26). The van der Waals surface area contributed by atoms with Crippen LogP contribution in [-0.4, -0.2) is 34.9 Å². The summed E-state index contributed by atoms with van der Waals surface area (Å²) in [6.07, 6.45) is 0. The Hall–Kier alpha value is -3.32. The molecule has 1 aromatic heterocycles. The Kier molecular flexibility index (Phi) is 6.51. The summed E-state index contributed by atoms with van der Waals surface area (Å²) in [7, 11) is 0. The van der Waals surface area contributed by atoms with Crippen molar-refractivity contribution >= 4 is 29.2 Å². The molecule has 0 unspecified atom stereocenters. The molecule has 0 saturated heterocycles. The second-order valence-corrected chi connectivity index (χ2v) is 6.68. The van der Waals surface area contributed by atoms with Crippen LogP contribution < -0.4 is 10.1 Å². The molecule has 2 aromatic carbocycles. The second-order valence-electron chi connectivity index (χ2n) is 6.24. The van der Waals surface area contributed by atoms with E-state index >= 15 is 0 Å². The van der Waals surface area contributed by atoms with Gasteiger partial charge in [-0.05, 0) is 50.2 Å². The highest BCUT2D eigenvalue weighted by Crippen LogP contribution is 2.22. The van der Waals surface area contributed by atoms with Crippen LogP contribution in [0.2, 0.25) is 5.02 Å². The maximum atomic E-state index is 12.2. The molecule has 29 heavy (non-hydrogen) atoms. The number of carbonyl (C=O) groups excluding carboxylic acids is 2. The van der Waals surface area contributed by atoms with Crippen LogP contribution in [0, 0.1) is 13.8 Å². The highest BCUT2D eigenvalue weighted by Gasteiger charge is 2.16. The van der Waals surface area contributed by atoms with Crippen molar-refractivity contribution in [1.82, 2.24) is 9.78 Å². The molecular formula is C21H20ClN3O4. The van der Waals surface area contributed by atoms with Gasteiger partial charge in [0.05, 0.1) is 22.8 Å². The lowest BCUT2D eigenvalue weighted by Gasteiger charge is -2.09. The number of carbonyl (C=O) groups is 2. The number of aromatic nitrogens is 2. The summed E-state index contributed by atoms with van der Waals surface area (Å²) in [4.78, 5) is 24.0. The molecule has 1 amide bonds. The molecule has 0 aliphatic heterocycles. The highest BCUT2D eigenvalue weighted by atomic mass is 35.5. The van der Waals surface area contributed by atoms with Gasteiger partial charge in [0.2, 0.25) is 0 Å². The molecule has 3 rings (SSSR count). The van der Waals surface area contributed by atoms with E-state index in [2.05, 4.69) is 10.4 Å². The third-order valence-corrected chi connectivity index (χ3v) is 4.34. The van der Waals surface area contributed by atoms with Gasteiger partial charge in [0.25, 0.3) is 5.91 Å². The predicted molar refractivity (Wildman–Crippen MR) is 110 cm³/mol. The van der Waals surface area contributed by atoms with Crippen LogP contribution in [0.25, 0.3) is 5.69 Å². The molecule has 0 aliphatic rings. The van der Waals surface area contributed by atoms with Crippen LogP contribution in [0.3, 0.4) is 0 Å². The summed E-state index contributed by atoms with van der Waals surface area (Å²) in [6.45, 7) is 2.93. The minimum atomic E-state index is -0.650. The number of para-hydroxylation sites is 1. The normalized spacial score (nSPS) is 10.4. The minimum Gasteiger partial charge on any atom is -0.482 e. The second kappa shape index (κ2) is 9.25. The van der Waals surface area contributed by atoms with Crippen molar-refractivity contribution in [3.8, 4) is 11.4 Å². The molecule has 150 valence electrons. The maximum absolute atomic E-state index is 12.2. The fraction of sp³-hybridized carbons (Fsp3) is 0.190. The number of nitrogens with one attached hydrogen (secondary N) is 1. The van der Waals surface area contributed by atoms with Crippen LogP contribution in [-0.2, 0) is 14.3 Å². The summed E-state index contributed by atoms with van der Waals surface area (Å²) in [5.41, 5.74) is 2.92. The number of anilines is 1. The molecule has 7 nitrogen and oxygen atoms in total. The van der Waals surface area contributed by atoms with Crippen LogP contribution in [0.15, 0.2) is 54.6 Å². The molecule has 8 heteroatoms. The quantitative estimate of drug-likeness (QED) is 0.597. The Morgan fingerprint density at radius 1 is 1.03 bits per heavy atom. The van der Waals surface area contributed by atoms with E-state index in [0.29, 0.717) is 22.2 Å². The Bertz CT molecular complexity index is 1000. The summed E-state index contributed by atoms with van der Waals surface area (Å²) in [6, 6.07) is 16.2. The van der Waals surface area contributed by atoms with E-state index in [9.17, 15) is 9.59 Å². The summed E-state index contributed by atoms with van der Waals surface area (Å²) in [5, 5.41) is 7.78. The van der Waals surface area contributed by atoms with Crippen LogP contribution in [0.1, 0.15) is 11.4 Å². The largest absolute Gasteiger partial charge is 0.482 e. The van der Waals surface area contributed by atoms with Crippen molar-refractivity contribution in [2.45, 2.75) is 13.8 Å². The van der Waals surface area contributed by atoms with Gasteiger partial charge in [0, 0.05) is 5.02 Å². The Morgan fingerprint density at radius 2 is 1.72 bits per heavy atom. The third-order valence-electron chi connectivity index (χ3n) is 4.09. The molecule has 0 atom stereocenters. The van der Waals surface area contributed by atoms with Crippen molar-refractivity contribution in [3.05, 3.63) is 71.0 Å². The summed E-state index contributed by atoms with van der Waals surface area (Å²) in [5.74, 6) is -0.623. The topological polar surface area (TPSA) is 82.5 Å². The summed E-state index contributed by atoms with van der Waals surface area (Å²) >= 11 is 5.79. The fourth-order valence-electron chi connectivity index (χ4n) is 2.68. The predicted octanol–water partition coefficient (Wildman–Crippen LogP) is 3.70. The van der Waals surface area contributed by atoms with E-state index in [1.54, 1.807) is 35.9 Å². The van der Waals surface area contributed by atoms with Gasteiger partial charge < -0.3 is 14.8 Å². The number of halogens is 1. The molecule has 0 spiro atoms. The van der Waals surface area contributed by atoms with Crippen molar-refractivity contribution in [3.63, 3.8) is 0 Å². The Balaban J connectivity index is 1.52. The van der Waals surface area contributed by atoms with Crippen molar-refractivity contribution in [2.24, 2.45) is 0 Å². The van der Waals surface area contributed by atoms with E-state index in [1.807, 2.05) is 37.3 Å². The van der Waals surface area contributed by atoms with Gasteiger partial charge in [-0.1, -0.05) is 29.8 Å². The summed E-state index contributed by atoms with van der Waals surface area (Å²) < 4.78 is 12.0. The van der Waals surface area contributed by atoms with E-state index in [-0.39, 0.29) is 6.61 Å². The van der Waals surface area contributed by atoms with Crippen molar-refractivity contribution in [1.29, 1.82) is 0 Å². The lowest BCUT2D eigenvalue weighted by Crippen LogP contribution is -2.24. The van der Waals surface area contributed by atoms with Gasteiger partial charge in [-0.25, -0.2) is 9.48 Å². The molecule has 1 heterocycles. The van der Waals surface area contributed by atoms with Crippen LogP contribution in [0.4, 0.5) is 5.69 Å². The number of rotatable bonds is 7. The number of esters is 1. The Labute approximate surface area is 173 Å².